The Morgan fingerprint density at radius 1 is 0.442 bits per heavy atom. The maximum Gasteiger partial charge on any atom is 0.462 e. The summed E-state index contributed by atoms with van der Waals surface area (Å²) in [4.78, 5) is 16.7. The zero-order valence-electron chi connectivity index (χ0n) is 18.6. The molecule has 30 heteroatoms. The third-order valence-electron chi connectivity index (χ3n) is 4.18. The summed E-state index contributed by atoms with van der Waals surface area (Å²) in [5.74, 6) is -32.2. The van der Waals surface area contributed by atoms with Gasteiger partial charge in [-0.1, -0.05) is 0 Å². The van der Waals surface area contributed by atoms with Gasteiger partial charge in [-0.15, -0.1) is 0 Å². The number of rotatable bonds is 12. The van der Waals surface area contributed by atoms with Crippen molar-refractivity contribution in [2.75, 3.05) is 6.16 Å². The highest BCUT2D eigenvalue weighted by atomic mass is 31.2. The summed E-state index contributed by atoms with van der Waals surface area (Å²) < 4.78 is 316. The summed E-state index contributed by atoms with van der Waals surface area (Å²) in [5.41, 5.74) is 0. The van der Waals surface area contributed by atoms with Crippen molar-refractivity contribution in [1.29, 1.82) is 0 Å². The van der Waals surface area contributed by atoms with Gasteiger partial charge in [0.25, 0.3) is 0 Å². The molecule has 0 heterocycles. The SMILES string of the molecule is O=P(O)(O)CCC(F)(OC(F)(F)C(F)(OC(F)(F)C(F)(OC(F)(F)C(F)(F)C(F)(F)F)C(F)(F)F)C(F)(F)F)C(F)(F)F. The van der Waals surface area contributed by atoms with Gasteiger partial charge < -0.3 is 9.79 Å². The first-order chi connectivity index (χ1) is 18.1. The molecule has 0 rings (SSSR count). The van der Waals surface area contributed by atoms with Gasteiger partial charge in [-0.05, 0) is 0 Å². The quantitative estimate of drug-likeness (QED) is 0.163. The van der Waals surface area contributed by atoms with E-state index in [0.29, 0.717) is 0 Å². The van der Waals surface area contributed by atoms with Gasteiger partial charge in [-0.25, -0.2) is 4.39 Å². The summed E-state index contributed by atoms with van der Waals surface area (Å²) in [5, 5.41) is 0. The van der Waals surface area contributed by atoms with Crippen LogP contribution in [0.1, 0.15) is 6.42 Å². The molecule has 0 aliphatic carbocycles. The first-order valence-electron chi connectivity index (χ1n) is 9.07. The summed E-state index contributed by atoms with van der Waals surface area (Å²) in [6.45, 7) is 0. The van der Waals surface area contributed by atoms with Gasteiger partial charge in [-0.3, -0.25) is 18.8 Å². The minimum atomic E-state index is -8.75. The fourth-order valence-corrected chi connectivity index (χ4v) is 2.60. The van der Waals surface area contributed by atoms with Gasteiger partial charge in [-0.2, -0.15) is 96.6 Å². The molecule has 0 aromatic rings. The average molecular weight is 726 g/mol. The maximum absolute atomic E-state index is 14.2. The Morgan fingerprint density at radius 2 is 0.744 bits per heavy atom. The third-order valence-corrected chi connectivity index (χ3v) is 4.98. The molecule has 0 aliphatic heterocycles. The molecule has 0 aromatic carbocycles. The van der Waals surface area contributed by atoms with E-state index in [1.807, 2.05) is 0 Å². The summed E-state index contributed by atoms with van der Waals surface area (Å²) in [6, 6.07) is 0. The van der Waals surface area contributed by atoms with Crippen molar-refractivity contribution in [1.82, 2.24) is 0 Å². The van der Waals surface area contributed by atoms with Crippen LogP contribution in [0.5, 0.6) is 0 Å². The van der Waals surface area contributed by atoms with E-state index < -0.39 is 86.7 Å². The lowest BCUT2D eigenvalue weighted by atomic mass is 10.2. The Kier molecular flexibility index (Phi) is 10.6. The molecule has 0 saturated heterocycles. The smallest absolute Gasteiger partial charge is 0.324 e. The average Bonchev–Trinajstić information content (AvgIpc) is 2.67. The minimum Gasteiger partial charge on any atom is -0.324 e. The van der Waals surface area contributed by atoms with Crippen LogP contribution in [0.15, 0.2) is 0 Å². The van der Waals surface area contributed by atoms with Crippen molar-refractivity contribution in [2.45, 2.75) is 72.9 Å². The minimum absolute atomic E-state index is 1.02. The van der Waals surface area contributed by atoms with Crippen molar-refractivity contribution in [3.8, 4) is 0 Å². The zero-order chi connectivity index (χ0) is 35.5. The highest BCUT2D eigenvalue weighted by molar-refractivity contribution is 7.51. The van der Waals surface area contributed by atoms with Gasteiger partial charge in [0.2, 0.25) is 0 Å². The molecule has 0 bridgehead atoms. The molecule has 3 atom stereocenters. The lowest BCUT2D eigenvalue weighted by molar-refractivity contribution is -0.579. The zero-order valence-corrected chi connectivity index (χ0v) is 19.5. The Bertz CT molecular complexity index is 1030. The highest BCUT2D eigenvalue weighted by Gasteiger charge is 2.88. The van der Waals surface area contributed by atoms with Crippen LogP contribution in [0.25, 0.3) is 0 Å². The molecule has 0 amide bonds. The van der Waals surface area contributed by atoms with Crippen LogP contribution in [0.4, 0.5) is 101 Å². The Morgan fingerprint density at radius 3 is 1.00 bits per heavy atom. The first kappa shape index (κ1) is 41.4. The van der Waals surface area contributed by atoms with Crippen LogP contribution in [0.2, 0.25) is 0 Å². The molecule has 260 valence electrons. The molecule has 0 aliphatic rings. The molecule has 0 fully saturated rings. The number of ether oxygens (including phenoxy) is 3. The van der Waals surface area contributed by atoms with Gasteiger partial charge in [0, 0.05) is 6.42 Å². The number of halogens is 23. The summed E-state index contributed by atoms with van der Waals surface area (Å²) in [6.07, 6.45) is -63.4. The Balaban J connectivity index is 7.23. The molecule has 0 radical (unpaired) electrons. The Hall–Kier alpha value is -1.58. The van der Waals surface area contributed by atoms with E-state index in [4.69, 9.17) is 9.79 Å². The maximum atomic E-state index is 14.2. The highest BCUT2D eigenvalue weighted by Crippen LogP contribution is 2.59. The standard InChI is InChI=1S/C13H6F23O6P/c14-3(7(19,20)21,1-2-43(37,38)39)40-12(33,34)5(17,9(25,26)27)42-13(35,36)6(18,10(28,29)30)41-11(31,32)4(15,16)8(22,23)24/h1-2H2,(H2,37,38,39). The van der Waals surface area contributed by atoms with Crippen LogP contribution in [0, 0.1) is 0 Å². The van der Waals surface area contributed by atoms with Crippen LogP contribution >= 0.6 is 7.60 Å². The molecule has 0 saturated carbocycles. The van der Waals surface area contributed by atoms with E-state index >= 15 is 0 Å². The van der Waals surface area contributed by atoms with Crippen molar-refractivity contribution in [3.05, 3.63) is 0 Å². The second kappa shape index (κ2) is 11.0. The molecule has 0 spiro atoms. The van der Waals surface area contributed by atoms with Crippen LogP contribution in [-0.4, -0.2) is 82.5 Å². The van der Waals surface area contributed by atoms with E-state index in [0.717, 1.165) is 9.47 Å². The summed E-state index contributed by atoms with van der Waals surface area (Å²) >= 11 is 0. The van der Waals surface area contributed by atoms with Crippen molar-refractivity contribution >= 4 is 7.60 Å². The molecule has 2 N–H and O–H groups in total. The summed E-state index contributed by atoms with van der Waals surface area (Å²) in [7, 11) is -6.03. The van der Waals surface area contributed by atoms with Gasteiger partial charge in [0.1, 0.15) is 0 Å². The van der Waals surface area contributed by atoms with E-state index in [9.17, 15) is 106 Å². The number of hydrogen-bond donors (Lipinski definition) is 2. The molecular formula is C13H6F23O6P. The molecular weight excluding hydrogens is 720 g/mol. The molecule has 3 unspecified atom stereocenters. The molecule has 43 heavy (non-hydrogen) atoms. The van der Waals surface area contributed by atoms with Crippen molar-refractivity contribution < 1.29 is 130 Å². The largest absolute Gasteiger partial charge is 0.462 e. The fraction of sp³-hybridized carbons (Fsp3) is 1.00. The van der Waals surface area contributed by atoms with Gasteiger partial charge >= 0.3 is 74.1 Å². The van der Waals surface area contributed by atoms with E-state index in [1.54, 1.807) is 4.74 Å². The van der Waals surface area contributed by atoms with Gasteiger partial charge in [0.05, 0.1) is 6.16 Å². The third kappa shape index (κ3) is 7.99. The van der Waals surface area contributed by atoms with E-state index in [1.165, 1.54) is 0 Å². The fourth-order valence-electron chi connectivity index (χ4n) is 2.02. The van der Waals surface area contributed by atoms with Crippen LogP contribution < -0.4 is 0 Å². The number of hydrogen-bond acceptors (Lipinski definition) is 4. The predicted molar refractivity (Wildman–Crippen MR) is 80.3 cm³/mol. The van der Waals surface area contributed by atoms with Gasteiger partial charge in [0.15, 0.2) is 0 Å². The topological polar surface area (TPSA) is 85.2 Å². The lowest BCUT2D eigenvalue weighted by Crippen LogP contribution is -2.70. The lowest BCUT2D eigenvalue weighted by Gasteiger charge is -2.43. The van der Waals surface area contributed by atoms with Crippen LogP contribution in [0.3, 0.4) is 0 Å². The van der Waals surface area contributed by atoms with Crippen molar-refractivity contribution in [3.63, 3.8) is 0 Å². The predicted octanol–water partition coefficient (Wildman–Crippen LogP) is 7.26. The molecule has 6 nitrogen and oxygen atoms in total. The van der Waals surface area contributed by atoms with E-state index in [2.05, 4.69) is 0 Å². The number of alkyl halides is 23. The van der Waals surface area contributed by atoms with Crippen LogP contribution in [-0.2, 0) is 18.8 Å². The Labute approximate surface area is 217 Å². The van der Waals surface area contributed by atoms with Crippen molar-refractivity contribution in [2.24, 2.45) is 0 Å². The van der Waals surface area contributed by atoms with E-state index in [-0.39, 0.29) is 0 Å². The monoisotopic (exact) mass is 726 g/mol. The second-order valence-electron chi connectivity index (χ2n) is 7.48. The molecule has 0 aromatic heterocycles. The normalized spacial score (nSPS) is 19.9. The second-order valence-corrected chi connectivity index (χ2v) is 9.26. The first-order valence-corrected chi connectivity index (χ1v) is 10.9.